The minimum Gasteiger partial charge on any atom is -0.491 e. The lowest BCUT2D eigenvalue weighted by Gasteiger charge is -2.13. The minimum atomic E-state index is -0.471. The van der Waals surface area contributed by atoms with Crippen molar-refractivity contribution in [3.63, 3.8) is 0 Å². The minimum absolute atomic E-state index is 0.0118. The van der Waals surface area contributed by atoms with Gasteiger partial charge in [-0.25, -0.2) is 4.79 Å². The Hall–Kier alpha value is -2.12. The highest BCUT2D eigenvalue weighted by Gasteiger charge is 2.13. The van der Waals surface area contributed by atoms with Crippen molar-refractivity contribution < 1.29 is 24.2 Å². The van der Waals surface area contributed by atoms with Crippen LogP contribution in [0.2, 0.25) is 0 Å². The molecule has 7 nitrogen and oxygen atoms in total. The Labute approximate surface area is 123 Å². The first-order valence-corrected chi connectivity index (χ1v) is 6.67. The lowest BCUT2D eigenvalue weighted by Crippen LogP contribution is -2.22. The van der Waals surface area contributed by atoms with E-state index in [4.69, 9.17) is 20.3 Å². The van der Waals surface area contributed by atoms with Gasteiger partial charge in [0, 0.05) is 13.0 Å². The predicted molar refractivity (Wildman–Crippen MR) is 77.3 cm³/mol. The molecule has 0 radical (unpaired) electrons. The first-order valence-electron chi connectivity index (χ1n) is 6.67. The number of hydrogen-bond acceptors (Lipinski definition) is 6. The van der Waals surface area contributed by atoms with Gasteiger partial charge in [0.15, 0.2) is 0 Å². The number of rotatable bonds is 8. The van der Waals surface area contributed by atoms with Gasteiger partial charge >= 0.3 is 5.97 Å². The fourth-order valence-electron chi connectivity index (χ4n) is 1.53. The summed E-state index contributed by atoms with van der Waals surface area (Å²) in [5.41, 5.74) is 5.98. The molecule has 1 aromatic carbocycles. The zero-order valence-corrected chi connectivity index (χ0v) is 11.9. The van der Waals surface area contributed by atoms with Gasteiger partial charge < -0.3 is 25.6 Å². The molecule has 1 rings (SSSR count). The molecule has 0 aliphatic carbocycles. The molecule has 21 heavy (non-hydrogen) atoms. The third kappa shape index (κ3) is 5.41. The standard InChI is InChI=1S/C14H20N2O5/c1-2-20-14(19)10-4-5-11(16-13(18)9-15)12(8-10)21-7-3-6-17/h4-5,8,17H,2-3,6-7,9,15H2,1H3,(H,16,18). The summed E-state index contributed by atoms with van der Waals surface area (Å²) in [6.45, 7) is 2.07. The predicted octanol–water partition coefficient (Wildman–Crippen LogP) is 0.522. The number of nitrogens with two attached hydrogens (primary N) is 1. The van der Waals surface area contributed by atoms with Crippen molar-refractivity contribution in [1.29, 1.82) is 0 Å². The highest BCUT2D eigenvalue weighted by atomic mass is 16.5. The molecule has 1 aromatic rings. The van der Waals surface area contributed by atoms with Crippen molar-refractivity contribution >= 4 is 17.6 Å². The van der Waals surface area contributed by atoms with Gasteiger partial charge in [-0.1, -0.05) is 0 Å². The van der Waals surface area contributed by atoms with Crippen LogP contribution in [0.1, 0.15) is 23.7 Å². The van der Waals surface area contributed by atoms with Crippen molar-refractivity contribution in [1.82, 2.24) is 0 Å². The van der Waals surface area contributed by atoms with Gasteiger partial charge in [-0.2, -0.15) is 0 Å². The molecule has 4 N–H and O–H groups in total. The molecule has 0 saturated heterocycles. The van der Waals surface area contributed by atoms with Gasteiger partial charge in [-0.15, -0.1) is 0 Å². The Morgan fingerprint density at radius 2 is 2.14 bits per heavy atom. The number of hydrogen-bond donors (Lipinski definition) is 3. The molecule has 7 heteroatoms. The van der Waals surface area contributed by atoms with Crippen LogP contribution in [0, 0.1) is 0 Å². The molecule has 0 spiro atoms. The quantitative estimate of drug-likeness (QED) is 0.476. The van der Waals surface area contributed by atoms with Crippen LogP contribution in [0.3, 0.4) is 0 Å². The van der Waals surface area contributed by atoms with E-state index in [9.17, 15) is 9.59 Å². The molecule has 1 amide bonds. The maximum atomic E-state index is 11.7. The number of benzene rings is 1. The fraction of sp³-hybridized carbons (Fsp3) is 0.429. The average molecular weight is 296 g/mol. The summed E-state index contributed by atoms with van der Waals surface area (Å²) >= 11 is 0. The van der Waals surface area contributed by atoms with Gasteiger partial charge in [0.25, 0.3) is 0 Å². The van der Waals surface area contributed by atoms with Crippen LogP contribution < -0.4 is 15.8 Å². The number of anilines is 1. The summed E-state index contributed by atoms with van der Waals surface area (Å²) in [4.78, 5) is 23.1. The summed E-state index contributed by atoms with van der Waals surface area (Å²) in [6.07, 6.45) is 0.438. The number of aliphatic hydroxyl groups excluding tert-OH is 1. The van der Waals surface area contributed by atoms with Gasteiger partial charge in [-0.05, 0) is 25.1 Å². The number of nitrogens with one attached hydrogen (secondary N) is 1. The van der Waals surface area contributed by atoms with E-state index in [-0.39, 0.29) is 32.3 Å². The Morgan fingerprint density at radius 1 is 1.38 bits per heavy atom. The van der Waals surface area contributed by atoms with Gasteiger partial charge in [0.2, 0.25) is 5.91 Å². The second kappa shape index (κ2) is 8.93. The van der Waals surface area contributed by atoms with Crippen molar-refractivity contribution in [2.75, 3.05) is 31.7 Å². The number of carbonyl (C=O) groups is 2. The number of ether oxygens (including phenoxy) is 2. The summed E-state index contributed by atoms with van der Waals surface area (Å²) in [7, 11) is 0. The van der Waals surface area contributed by atoms with E-state index in [2.05, 4.69) is 5.32 Å². The molecule has 0 heterocycles. The van der Waals surface area contributed by atoms with E-state index in [0.717, 1.165) is 0 Å². The van der Waals surface area contributed by atoms with Crippen LogP contribution in [0.4, 0.5) is 5.69 Å². The van der Waals surface area contributed by atoms with E-state index in [0.29, 0.717) is 23.4 Å². The summed E-state index contributed by atoms with van der Waals surface area (Å²) in [5.74, 6) is -0.511. The normalized spacial score (nSPS) is 10.0. The second-order valence-electron chi connectivity index (χ2n) is 4.11. The monoisotopic (exact) mass is 296 g/mol. The van der Waals surface area contributed by atoms with E-state index in [1.165, 1.54) is 12.1 Å². The Bertz CT molecular complexity index is 490. The van der Waals surface area contributed by atoms with Crippen LogP contribution in [0.5, 0.6) is 5.75 Å². The first-order chi connectivity index (χ1) is 10.1. The number of amides is 1. The summed E-state index contributed by atoms with van der Waals surface area (Å²) < 4.78 is 10.4. The average Bonchev–Trinajstić information content (AvgIpc) is 2.49. The van der Waals surface area contributed by atoms with E-state index in [1.54, 1.807) is 13.0 Å². The smallest absolute Gasteiger partial charge is 0.338 e. The summed E-state index contributed by atoms with van der Waals surface area (Å²) in [6, 6.07) is 4.57. The SMILES string of the molecule is CCOC(=O)c1ccc(NC(=O)CN)c(OCCCO)c1. The van der Waals surface area contributed by atoms with Crippen LogP contribution in [0.15, 0.2) is 18.2 Å². The molecule has 0 fully saturated rings. The van der Waals surface area contributed by atoms with Crippen molar-refractivity contribution in [2.45, 2.75) is 13.3 Å². The van der Waals surface area contributed by atoms with Crippen molar-refractivity contribution in [3.05, 3.63) is 23.8 Å². The maximum absolute atomic E-state index is 11.7. The zero-order valence-electron chi connectivity index (χ0n) is 11.9. The largest absolute Gasteiger partial charge is 0.491 e. The Kier molecular flexibility index (Phi) is 7.20. The third-order valence-corrected chi connectivity index (χ3v) is 2.51. The molecular weight excluding hydrogens is 276 g/mol. The van der Waals surface area contributed by atoms with Crippen molar-refractivity contribution in [3.8, 4) is 5.75 Å². The number of carbonyl (C=O) groups excluding carboxylic acids is 2. The van der Waals surface area contributed by atoms with E-state index < -0.39 is 5.97 Å². The molecule has 116 valence electrons. The highest BCUT2D eigenvalue weighted by Crippen LogP contribution is 2.26. The lowest BCUT2D eigenvalue weighted by atomic mass is 10.2. The lowest BCUT2D eigenvalue weighted by molar-refractivity contribution is -0.114. The molecule has 0 atom stereocenters. The topological polar surface area (TPSA) is 111 Å². The zero-order chi connectivity index (χ0) is 15.7. The molecule has 0 aliphatic heterocycles. The Balaban J connectivity index is 2.95. The molecular formula is C14H20N2O5. The molecule has 0 unspecified atom stereocenters. The van der Waals surface area contributed by atoms with E-state index >= 15 is 0 Å². The first kappa shape index (κ1) is 16.9. The van der Waals surface area contributed by atoms with Crippen LogP contribution >= 0.6 is 0 Å². The van der Waals surface area contributed by atoms with E-state index in [1.807, 2.05) is 0 Å². The number of esters is 1. The molecule has 0 saturated carbocycles. The van der Waals surface area contributed by atoms with Gasteiger partial charge in [-0.3, -0.25) is 4.79 Å². The van der Waals surface area contributed by atoms with Crippen molar-refractivity contribution in [2.24, 2.45) is 5.73 Å². The van der Waals surface area contributed by atoms with Crippen LogP contribution in [-0.2, 0) is 9.53 Å². The molecule has 0 aromatic heterocycles. The highest BCUT2D eigenvalue weighted by molar-refractivity contribution is 5.95. The van der Waals surface area contributed by atoms with Gasteiger partial charge in [0.1, 0.15) is 5.75 Å². The summed E-state index contributed by atoms with van der Waals surface area (Å²) in [5, 5.41) is 11.4. The Morgan fingerprint density at radius 3 is 2.76 bits per heavy atom. The maximum Gasteiger partial charge on any atom is 0.338 e. The fourth-order valence-corrected chi connectivity index (χ4v) is 1.53. The van der Waals surface area contributed by atoms with Crippen LogP contribution in [0.25, 0.3) is 0 Å². The number of aliphatic hydroxyl groups is 1. The van der Waals surface area contributed by atoms with Gasteiger partial charge in [0.05, 0.1) is 31.0 Å². The van der Waals surface area contributed by atoms with Crippen LogP contribution in [-0.4, -0.2) is 43.3 Å². The third-order valence-electron chi connectivity index (χ3n) is 2.51. The molecule has 0 aliphatic rings. The molecule has 0 bridgehead atoms. The second-order valence-corrected chi connectivity index (χ2v) is 4.11.